The predicted octanol–water partition coefficient (Wildman–Crippen LogP) is 3.47. The highest BCUT2D eigenvalue weighted by molar-refractivity contribution is 5.21. The van der Waals surface area contributed by atoms with E-state index in [1.165, 1.54) is 0 Å². The summed E-state index contributed by atoms with van der Waals surface area (Å²) in [6.07, 6.45) is 5.40. The molecule has 0 spiro atoms. The molecule has 1 aliphatic rings. The van der Waals surface area contributed by atoms with Crippen LogP contribution in [0.5, 0.6) is 0 Å². The molecule has 0 saturated heterocycles. The van der Waals surface area contributed by atoms with Crippen LogP contribution in [0.25, 0.3) is 0 Å². The van der Waals surface area contributed by atoms with Crippen LogP contribution in [0.3, 0.4) is 0 Å². The summed E-state index contributed by atoms with van der Waals surface area (Å²) in [6, 6.07) is 20.1. The lowest BCUT2D eigenvalue weighted by atomic mass is 9.94. The lowest BCUT2D eigenvalue weighted by Crippen LogP contribution is -2.42. The van der Waals surface area contributed by atoms with Crippen LogP contribution in [-0.4, -0.2) is 34.3 Å². The summed E-state index contributed by atoms with van der Waals surface area (Å²) in [6.45, 7) is 0.877. The van der Waals surface area contributed by atoms with Gasteiger partial charge in [0, 0.05) is 12.6 Å². The summed E-state index contributed by atoms with van der Waals surface area (Å²) >= 11 is 0. The van der Waals surface area contributed by atoms with Crippen LogP contribution in [0.2, 0.25) is 0 Å². The lowest BCUT2D eigenvalue weighted by Gasteiger charge is -2.39. The molecule has 0 radical (unpaired) electrons. The molecule has 2 N–H and O–H groups in total. The van der Waals surface area contributed by atoms with Crippen molar-refractivity contribution < 1.29 is 10.2 Å². The molecule has 1 aliphatic heterocycles. The van der Waals surface area contributed by atoms with E-state index in [9.17, 15) is 10.2 Å². The van der Waals surface area contributed by atoms with Crippen LogP contribution in [-0.2, 0) is 0 Å². The molecular formula is C21H25NO2. The summed E-state index contributed by atoms with van der Waals surface area (Å²) in [4.78, 5) is 2.31. The van der Waals surface area contributed by atoms with Crippen molar-refractivity contribution in [3.63, 3.8) is 0 Å². The molecule has 0 fully saturated rings. The number of benzene rings is 2. The molecule has 0 bridgehead atoms. The fourth-order valence-electron chi connectivity index (χ4n) is 3.49. The van der Waals surface area contributed by atoms with Crippen molar-refractivity contribution in [1.82, 2.24) is 4.90 Å². The summed E-state index contributed by atoms with van der Waals surface area (Å²) in [5, 5.41) is 20.6. The number of hydrogen-bond donors (Lipinski definition) is 2. The Kier molecular flexibility index (Phi) is 5.81. The van der Waals surface area contributed by atoms with Crippen molar-refractivity contribution in [2.24, 2.45) is 0 Å². The van der Waals surface area contributed by atoms with Crippen LogP contribution < -0.4 is 0 Å². The van der Waals surface area contributed by atoms with Gasteiger partial charge in [0.05, 0.1) is 18.8 Å². The van der Waals surface area contributed by atoms with Gasteiger partial charge in [-0.05, 0) is 24.0 Å². The molecule has 0 aromatic heterocycles. The lowest BCUT2D eigenvalue weighted by molar-refractivity contribution is 0.0532. The number of rotatable bonds is 6. The van der Waals surface area contributed by atoms with Gasteiger partial charge in [-0.2, -0.15) is 0 Å². The third-order valence-corrected chi connectivity index (χ3v) is 4.80. The molecule has 3 atom stereocenters. The zero-order valence-electron chi connectivity index (χ0n) is 13.8. The largest absolute Gasteiger partial charge is 0.394 e. The van der Waals surface area contributed by atoms with Gasteiger partial charge in [-0.15, -0.1) is 0 Å². The molecule has 0 saturated carbocycles. The molecule has 3 heteroatoms. The van der Waals surface area contributed by atoms with E-state index in [1.807, 2.05) is 48.5 Å². The van der Waals surface area contributed by atoms with Gasteiger partial charge in [-0.25, -0.2) is 0 Å². The monoisotopic (exact) mass is 323 g/mol. The quantitative estimate of drug-likeness (QED) is 0.800. The second kappa shape index (κ2) is 8.25. The molecule has 0 aliphatic carbocycles. The molecule has 1 heterocycles. The highest BCUT2D eigenvalue weighted by Crippen LogP contribution is 2.31. The zero-order chi connectivity index (χ0) is 16.8. The molecule has 0 amide bonds. The van der Waals surface area contributed by atoms with Crippen molar-refractivity contribution in [1.29, 1.82) is 0 Å². The van der Waals surface area contributed by atoms with Crippen molar-refractivity contribution in [2.75, 3.05) is 13.2 Å². The minimum Gasteiger partial charge on any atom is -0.394 e. The molecule has 3 rings (SSSR count). The highest BCUT2D eigenvalue weighted by atomic mass is 16.3. The smallest absolute Gasteiger partial charge is 0.0805 e. The fraction of sp³-hybridized carbons (Fsp3) is 0.333. The normalized spacial score (nSPS) is 20.7. The zero-order valence-corrected chi connectivity index (χ0v) is 13.8. The Morgan fingerprint density at radius 2 is 1.54 bits per heavy atom. The maximum absolute atomic E-state index is 10.6. The second-order valence-corrected chi connectivity index (χ2v) is 6.33. The van der Waals surface area contributed by atoms with Gasteiger partial charge >= 0.3 is 0 Å². The maximum atomic E-state index is 10.6. The van der Waals surface area contributed by atoms with E-state index in [0.29, 0.717) is 6.42 Å². The van der Waals surface area contributed by atoms with Gasteiger partial charge in [0.25, 0.3) is 0 Å². The van der Waals surface area contributed by atoms with Gasteiger partial charge in [0.1, 0.15) is 0 Å². The standard InChI is InChI=1S/C21H25NO2/c23-16-20(17-9-3-1-4-10-17)22-14-8-7-13-19(22)15-21(24)18-11-5-2-6-12-18/h1-12,19-21,23-24H,13-16H2/t19-,20?,21?/m0/s1. The van der Waals surface area contributed by atoms with Crippen LogP contribution in [0.15, 0.2) is 72.8 Å². The van der Waals surface area contributed by atoms with Crippen molar-refractivity contribution in [3.05, 3.63) is 83.9 Å². The Morgan fingerprint density at radius 3 is 2.17 bits per heavy atom. The summed E-state index contributed by atoms with van der Waals surface area (Å²) < 4.78 is 0. The SMILES string of the molecule is OCC(c1ccccc1)N1CC=CC[C@H]1CC(O)c1ccccc1. The molecule has 2 aromatic carbocycles. The van der Waals surface area contributed by atoms with Gasteiger partial charge < -0.3 is 10.2 Å². The number of aliphatic hydroxyl groups excluding tert-OH is 2. The van der Waals surface area contributed by atoms with Crippen LogP contribution >= 0.6 is 0 Å². The Morgan fingerprint density at radius 1 is 0.917 bits per heavy atom. The molecular weight excluding hydrogens is 298 g/mol. The molecule has 2 unspecified atom stereocenters. The van der Waals surface area contributed by atoms with Gasteiger partial charge in [-0.1, -0.05) is 72.8 Å². The van der Waals surface area contributed by atoms with E-state index < -0.39 is 6.10 Å². The molecule has 2 aromatic rings. The summed E-state index contributed by atoms with van der Waals surface area (Å²) in [7, 11) is 0. The number of nitrogens with zero attached hydrogens (tertiary/aromatic N) is 1. The first-order chi connectivity index (χ1) is 11.8. The van der Waals surface area contributed by atoms with E-state index >= 15 is 0 Å². The topological polar surface area (TPSA) is 43.7 Å². The van der Waals surface area contributed by atoms with Gasteiger partial charge in [-0.3, -0.25) is 4.90 Å². The Balaban J connectivity index is 1.77. The maximum Gasteiger partial charge on any atom is 0.0805 e. The number of aliphatic hydroxyl groups is 2. The second-order valence-electron chi connectivity index (χ2n) is 6.33. The minimum absolute atomic E-state index is 0.0378. The molecule has 126 valence electrons. The van der Waals surface area contributed by atoms with Crippen LogP contribution in [0.4, 0.5) is 0 Å². The third kappa shape index (κ3) is 3.93. The van der Waals surface area contributed by atoms with E-state index in [4.69, 9.17) is 0 Å². The van der Waals surface area contributed by atoms with Crippen LogP contribution in [0, 0.1) is 0 Å². The van der Waals surface area contributed by atoms with E-state index in [1.54, 1.807) is 0 Å². The third-order valence-electron chi connectivity index (χ3n) is 4.80. The van der Waals surface area contributed by atoms with Crippen molar-refractivity contribution in [2.45, 2.75) is 31.0 Å². The van der Waals surface area contributed by atoms with Gasteiger partial charge in [0.2, 0.25) is 0 Å². The highest BCUT2D eigenvalue weighted by Gasteiger charge is 2.29. The first-order valence-electron chi connectivity index (χ1n) is 8.59. The fourth-order valence-corrected chi connectivity index (χ4v) is 3.49. The Labute approximate surface area is 143 Å². The summed E-state index contributed by atoms with van der Waals surface area (Å²) in [5.41, 5.74) is 2.07. The predicted molar refractivity (Wildman–Crippen MR) is 96.5 cm³/mol. The van der Waals surface area contributed by atoms with E-state index in [2.05, 4.69) is 29.2 Å². The first kappa shape index (κ1) is 16.9. The van der Waals surface area contributed by atoms with E-state index in [0.717, 1.165) is 24.1 Å². The van der Waals surface area contributed by atoms with Crippen molar-refractivity contribution >= 4 is 0 Å². The number of hydrogen-bond acceptors (Lipinski definition) is 3. The van der Waals surface area contributed by atoms with Crippen molar-refractivity contribution in [3.8, 4) is 0 Å². The molecule has 24 heavy (non-hydrogen) atoms. The minimum atomic E-state index is -0.486. The Hall–Kier alpha value is -1.94. The Bertz CT molecular complexity index is 641. The van der Waals surface area contributed by atoms with E-state index in [-0.39, 0.29) is 18.7 Å². The van der Waals surface area contributed by atoms with Gasteiger partial charge in [0.15, 0.2) is 0 Å². The first-order valence-corrected chi connectivity index (χ1v) is 8.59. The summed E-state index contributed by atoms with van der Waals surface area (Å²) in [5.74, 6) is 0. The average Bonchev–Trinajstić information content (AvgIpc) is 2.65. The molecule has 3 nitrogen and oxygen atoms in total. The average molecular weight is 323 g/mol. The van der Waals surface area contributed by atoms with Crippen LogP contribution in [0.1, 0.15) is 36.1 Å².